The number of nitrogens with zero attached hydrogens (tertiary/aromatic N) is 1. The van der Waals surface area contributed by atoms with Crippen LogP contribution in [0.4, 0.5) is 0 Å². The molecular weight excluding hydrogens is 184 g/mol. The first kappa shape index (κ1) is 11.2. The Hall–Kier alpha value is -0.340. The van der Waals surface area contributed by atoms with Gasteiger partial charge in [0.1, 0.15) is 0 Å². The molecule has 4 unspecified atom stereocenters. The van der Waals surface area contributed by atoms with E-state index in [9.17, 15) is 0 Å². The van der Waals surface area contributed by atoms with Gasteiger partial charge in [-0.25, -0.2) is 0 Å². The molecule has 86 valence electrons. The van der Waals surface area contributed by atoms with Gasteiger partial charge in [-0.15, -0.1) is 0 Å². The van der Waals surface area contributed by atoms with Crippen molar-refractivity contribution >= 4 is 0 Å². The standard InChI is InChI=1S/C13H24N2/c1-10-11(2)15(9-8-13(10)14)12-6-4-3-5-7-12/h3-4,10-13H,5-9,14H2,1-2H3. The van der Waals surface area contributed by atoms with Gasteiger partial charge < -0.3 is 5.73 Å². The lowest BCUT2D eigenvalue weighted by Crippen LogP contribution is -2.55. The molecule has 0 aromatic rings. The molecule has 1 saturated heterocycles. The van der Waals surface area contributed by atoms with E-state index in [0.29, 0.717) is 18.0 Å². The molecule has 0 aromatic heterocycles. The van der Waals surface area contributed by atoms with Crippen LogP contribution in [0.1, 0.15) is 39.5 Å². The smallest absolute Gasteiger partial charge is 0.0136 e. The summed E-state index contributed by atoms with van der Waals surface area (Å²) in [5, 5.41) is 0. The fourth-order valence-corrected chi connectivity index (χ4v) is 3.02. The van der Waals surface area contributed by atoms with Crippen molar-refractivity contribution in [3.8, 4) is 0 Å². The normalized spacial score (nSPS) is 43.1. The van der Waals surface area contributed by atoms with Crippen LogP contribution in [0.2, 0.25) is 0 Å². The Kier molecular flexibility index (Phi) is 3.47. The highest BCUT2D eigenvalue weighted by molar-refractivity contribution is 4.97. The van der Waals surface area contributed by atoms with Crippen LogP contribution in [-0.2, 0) is 0 Å². The lowest BCUT2D eigenvalue weighted by atomic mass is 9.85. The van der Waals surface area contributed by atoms with Gasteiger partial charge >= 0.3 is 0 Å². The molecule has 0 amide bonds. The van der Waals surface area contributed by atoms with Gasteiger partial charge in [0.25, 0.3) is 0 Å². The fraction of sp³-hybridized carbons (Fsp3) is 0.846. The number of piperidine rings is 1. The Bertz CT molecular complexity index is 237. The molecule has 0 spiro atoms. The van der Waals surface area contributed by atoms with E-state index in [1.54, 1.807) is 0 Å². The molecule has 2 rings (SSSR count). The maximum absolute atomic E-state index is 6.12. The number of allylic oxidation sites excluding steroid dienone is 1. The molecule has 0 radical (unpaired) electrons. The summed E-state index contributed by atoms with van der Waals surface area (Å²) >= 11 is 0. The third-order valence-corrected chi connectivity index (χ3v) is 4.39. The van der Waals surface area contributed by atoms with Crippen molar-refractivity contribution in [1.82, 2.24) is 4.90 Å². The molecule has 15 heavy (non-hydrogen) atoms. The summed E-state index contributed by atoms with van der Waals surface area (Å²) in [6.07, 6.45) is 9.68. The van der Waals surface area contributed by atoms with Gasteiger partial charge in [-0.2, -0.15) is 0 Å². The topological polar surface area (TPSA) is 29.3 Å². The predicted molar refractivity (Wildman–Crippen MR) is 64.7 cm³/mol. The van der Waals surface area contributed by atoms with Crippen LogP contribution in [0, 0.1) is 5.92 Å². The van der Waals surface area contributed by atoms with E-state index in [1.807, 2.05) is 0 Å². The molecule has 2 N–H and O–H groups in total. The molecule has 1 heterocycles. The van der Waals surface area contributed by atoms with Crippen LogP contribution in [0.3, 0.4) is 0 Å². The maximum atomic E-state index is 6.12. The zero-order valence-electron chi connectivity index (χ0n) is 10.0. The monoisotopic (exact) mass is 208 g/mol. The first-order valence-electron chi connectivity index (χ1n) is 6.36. The van der Waals surface area contributed by atoms with Crippen molar-refractivity contribution in [2.45, 2.75) is 57.7 Å². The SMILES string of the molecule is CC1C(N)CCN(C2CC=CCC2)C1C. The van der Waals surface area contributed by atoms with Gasteiger partial charge in [0, 0.05) is 24.7 Å². The zero-order chi connectivity index (χ0) is 10.8. The second-order valence-electron chi connectivity index (χ2n) is 5.23. The Morgan fingerprint density at radius 2 is 2.00 bits per heavy atom. The van der Waals surface area contributed by atoms with E-state index >= 15 is 0 Å². The van der Waals surface area contributed by atoms with E-state index in [0.717, 1.165) is 6.04 Å². The fourth-order valence-electron chi connectivity index (χ4n) is 3.02. The summed E-state index contributed by atoms with van der Waals surface area (Å²) in [7, 11) is 0. The van der Waals surface area contributed by atoms with E-state index in [2.05, 4.69) is 30.9 Å². The number of hydrogen-bond donors (Lipinski definition) is 1. The van der Waals surface area contributed by atoms with E-state index in [-0.39, 0.29) is 0 Å². The van der Waals surface area contributed by atoms with Gasteiger partial charge in [0.15, 0.2) is 0 Å². The van der Waals surface area contributed by atoms with Gasteiger partial charge in [0.2, 0.25) is 0 Å². The predicted octanol–water partition coefficient (Wildman–Crippen LogP) is 2.15. The maximum Gasteiger partial charge on any atom is 0.0136 e. The molecule has 0 bridgehead atoms. The van der Waals surface area contributed by atoms with Crippen LogP contribution in [0.25, 0.3) is 0 Å². The molecule has 1 aliphatic carbocycles. The molecule has 0 saturated carbocycles. The first-order chi connectivity index (χ1) is 7.20. The molecule has 1 fully saturated rings. The second-order valence-corrected chi connectivity index (χ2v) is 5.23. The van der Waals surface area contributed by atoms with Gasteiger partial charge in [-0.1, -0.05) is 19.1 Å². The number of likely N-dealkylation sites (tertiary alicyclic amines) is 1. The summed E-state index contributed by atoms with van der Waals surface area (Å²) in [5.74, 6) is 0.643. The average Bonchev–Trinajstić information content (AvgIpc) is 2.27. The largest absolute Gasteiger partial charge is 0.327 e. The molecule has 0 aromatic carbocycles. The first-order valence-corrected chi connectivity index (χ1v) is 6.36. The van der Waals surface area contributed by atoms with Crippen LogP contribution in [0.5, 0.6) is 0 Å². The molecule has 4 atom stereocenters. The summed E-state index contributed by atoms with van der Waals surface area (Å²) in [4.78, 5) is 2.69. The van der Waals surface area contributed by atoms with Crippen molar-refractivity contribution in [1.29, 1.82) is 0 Å². The summed E-state index contributed by atoms with van der Waals surface area (Å²) < 4.78 is 0. The molecule has 1 aliphatic heterocycles. The van der Waals surface area contributed by atoms with Gasteiger partial charge in [-0.3, -0.25) is 4.90 Å². The Labute approximate surface area is 93.5 Å². The third kappa shape index (κ3) is 2.26. The molecule has 2 heteroatoms. The second kappa shape index (κ2) is 4.67. The molecule has 2 aliphatic rings. The van der Waals surface area contributed by atoms with Crippen LogP contribution in [-0.4, -0.2) is 29.6 Å². The van der Waals surface area contributed by atoms with Crippen LogP contribution >= 0.6 is 0 Å². The summed E-state index contributed by atoms with van der Waals surface area (Å²) in [5.41, 5.74) is 6.12. The quantitative estimate of drug-likeness (QED) is 0.669. The third-order valence-electron chi connectivity index (χ3n) is 4.39. The molecular formula is C13H24N2. The van der Waals surface area contributed by atoms with Crippen molar-refractivity contribution < 1.29 is 0 Å². The Morgan fingerprint density at radius 1 is 1.20 bits per heavy atom. The van der Waals surface area contributed by atoms with Crippen molar-refractivity contribution in [2.24, 2.45) is 11.7 Å². The van der Waals surface area contributed by atoms with E-state index in [4.69, 9.17) is 5.73 Å². The summed E-state index contributed by atoms with van der Waals surface area (Å²) in [6.45, 7) is 5.85. The molecule has 2 nitrogen and oxygen atoms in total. The lowest BCUT2D eigenvalue weighted by Gasteiger charge is -2.46. The van der Waals surface area contributed by atoms with Crippen LogP contribution < -0.4 is 5.73 Å². The van der Waals surface area contributed by atoms with Crippen molar-refractivity contribution in [3.63, 3.8) is 0 Å². The van der Waals surface area contributed by atoms with E-state index in [1.165, 1.54) is 32.2 Å². The summed E-state index contributed by atoms with van der Waals surface area (Å²) in [6, 6.07) is 1.85. The highest BCUT2D eigenvalue weighted by Gasteiger charge is 2.33. The number of rotatable bonds is 1. The minimum Gasteiger partial charge on any atom is -0.327 e. The van der Waals surface area contributed by atoms with Gasteiger partial charge in [0.05, 0.1) is 0 Å². The minimum absolute atomic E-state index is 0.412. The van der Waals surface area contributed by atoms with Crippen molar-refractivity contribution in [3.05, 3.63) is 12.2 Å². The van der Waals surface area contributed by atoms with E-state index < -0.39 is 0 Å². The Morgan fingerprint density at radius 3 is 2.67 bits per heavy atom. The highest BCUT2D eigenvalue weighted by Crippen LogP contribution is 2.28. The van der Waals surface area contributed by atoms with Crippen molar-refractivity contribution in [2.75, 3.05) is 6.54 Å². The zero-order valence-corrected chi connectivity index (χ0v) is 10.0. The number of hydrogen-bond acceptors (Lipinski definition) is 2. The average molecular weight is 208 g/mol. The Balaban J connectivity index is 2.00. The minimum atomic E-state index is 0.412. The van der Waals surface area contributed by atoms with Gasteiger partial charge in [-0.05, 0) is 38.5 Å². The lowest BCUT2D eigenvalue weighted by molar-refractivity contribution is 0.0523. The number of nitrogens with two attached hydrogens (primary N) is 1. The van der Waals surface area contributed by atoms with Crippen LogP contribution in [0.15, 0.2) is 12.2 Å². The highest BCUT2D eigenvalue weighted by atomic mass is 15.2.